The van der Waals surface area contributed by atoms with Crippen molar-refractivity contribution >= 4 is 85.3 Å². The molecular formula is C19H18I3NO5. The molecule has 0 unspecified atom stereocenters. The number of aliphatic carboxylic acids is 1. The summed E-state index contributed by atoms with van der Waals surface area (Å²) in [6.07, 6.45) is -0.0926. The summed E-state index contributed by atoms with van der Waals surface area (Å²) in [7, 11) is 1.74. The van der Waals surface area contributed by atoms with Crippen LogP contribution in [0.4, 0.5) is 5.69 Å². The number of amides is 1. The SMILES string of the molecule is CC(=O)N(C)c1c(I)cc(I)c(OCCOc2ccccc2CC(=O)O)c1I. The molecule has 0 heterocycles. The van der Waals surface area contributed by atoms with Crippen molar-refractivity contribution < 1.29 is 24.2 Å². The number of carboxylic acid groups (broad SMARTS) is 1. The van der Waals surface area contributed by atoms with Gasteiger partial charge in [0.25, 0.3) is 0 Å². The van der Waals surface area contributed by atoms with Crippen molar-refractivity contribution in [1.82, 2.24) is 0 Å². The molecule has 2 rings (SSSR count). The second-order valence-electron chi connectivity index (χ2n) is 5.79. The van der Waals surface area contributed by atoms with Gasteiger partial charge in [0.15, 0.2) is 0 Å². The molecule has 1 amide bonds. The monoisotopic (exact) mass is 721 g/mol. The predicted molar refractivity (Wildman–Crippen MR) is 132 cm³/mol. The Balaban J connectivity index is 2.09. The van der Waals surface area contributed by atoms with Gasteiger partial charge in [0.2, 0.25) is 5.91 Å². The molecule has 1 N–H and O–H groups in total. The van der Waals surface area contributed by atoms with Crippen molar-refractivity contribution in [2.45, 2.75) is 13.3 Å². The Labute approximate surface area is 204 Å². The fourth-order valence-electron chi connectivity index (χ4n) is 2.41. The lowest BCUT2D eigenvalue weighted by atomic mass is 10.1. The molecule has 0 saturated heterocycles. The number of halogens is 3. The molecule has 2 aromatic rings. The molecule has 28 heavy (non-hydrogen) atoms. The number of ether oxygens (including phenoxy) is 2. The summed E-state index contributed by atoms with van der Waals surface area (Å²) in [5, 5.41) is 8.99. The first-order valence-electron chi connectivity index (χ1n) is 8.19. The number of carbonyl (C=O) groups is 2. The molecule has 0 bridgehead atoms. The van der Waals surface area contributed by atoms with E-state index in [0.29, 0.717) is 17.1 Å². The number of nitrogens with zero attached hydrogens (tertiary/aromatic N) is 1. The van der Waals surface area contributed by atoms with Gasteiger partial charge >= 0.3 is 5.97 Å². The Morgan fingerprint density at radius 3 is 2.36 bits per heavy atom. The Morgan fingerprint density at radius 2 is 1.71 bits per heavy atom. The Kier molecular flexibility index (Phi) is 9.05. The van der Waals surface area contributed by atoms with Gasteiger partial charge in [-0.15, -0.1) is 0 Å². The first kappa shape index (κ1) is 23.4. The van der Waals surface area contributed by atoms with E-state index in [1.165, 1.54) is 6.92 Å². The van der Waals surface area contributed by atoms with Crippen LogP contribution in [0.15, 0.2) is 30.3 Å². The summed E-state index contributed by atoms with van der Waals surface area (Å²) < 4.78 is 14.4. The van der Waals surface area contributed by atoms with Crippen molar-refractivity contribution in [2.75, 3.05) is 25.2 Å². The van der Waals surface area contributed by atoms with Gasteiger partial charge in [0.05, 0.1) is 19.2 Å². The summed E-state index contributed by atoms with van der Waals surface area (Å²) in [5.74, 6) is 0.281. The summed E-state index contributed by atoms with van der Waals surface area (Å²) in [5.41, 5.74) is 1.44. The predicted octanol–water partition coefficient (Wildman–Crippen LogP) is 4.57. The van der Waals surface area contributed by atoms with Crippen molar-refractivity contribution in [2.24, 2.45) is 0 Å². The van der Waals surface area contributed by atoms with Crippen LogP contribution in [-0.2, 0) is 16.0 Å². The van der Waals surface area contributed by atoms with Crippen LogP contribution in [0, 0.1) is 10.7 Å². The van der Waals surface area contributed by atoms with E-state index >= 15 is 0 Å². The third-order valence-corrected chi connectivity index (χ3v) is 6.44. The number of rotatable bonds is 8. The molecule has 9 heteroatoms. The van der Waals surface area contributed by atoms with Gasteiger partial charge in [-0.05, 0) is 79.9 Å². The van der Waals surface area contributed by atoms with E-state index in [9.17, 15) is 9.59 Å². The quantitative estimate of drug-likeness (QED) is 0.320. The Hall–Kier alpha value is -0.830. The molecule has 0 atom stereocenters. The molecule has 0 aliphatic rings. The molecule has 0 saturated carbocycles. The maximum atomic E-state index is 11.8. The molecule has 6 nitrogen and oxygen atoms in total. The van der Waals surface area contributed by atoms with Gasteiger partial charge in [-0.3, -0.25) is 9.59 Å². The summed E-state index contributed by atoms with van der Waals surface area (Å²) in [6, 6.07) is 9.04. The standard InChI is InChI=1S/C19H18I3NO5/c1-11(24)23(2)18-13(20)10-14(21)19(17(18)22)28-8-7-27-15-6-4-3-5-12(15)9-16(25)26/h3-6,10H,7-9H2,1-2H3,(H,25,26). The summed E-state index contributed by atoms with van der Waals surface area (Å²) >= 11 is 6.61. The van der Waals surface area contributed by atoms with Gasteiger partial charge in [0.1, 0.15) is 24.7 Å². The normalized spacial score (nSPS) is 10.5. The van der Waals surface area contributed by atoms with E-state index in [1.807, 2.05) is 6.07 Å². The molecule has 0 radical (unpaired) electrons. The molecule has 0 aromatic heterocycles. The fourth-order valence-corrected chi connectivity index (χ4v) is 6.81. The van der Waals surface area contributed by atoms with Crippen LogP contribution in [0.3, 0.4) is 0 Å². The summed E-state index contributed by atoms with van der Waals surface area (Å²) in [6.45, 7) is 2.08. The van der Waals surface area contributed by atoms with E-state index in [-0.39, 0.29) is 25.5 Å². The van der Waals surface area contributed by atoms with Crippen LogP contribution in [0.2, 0.25) is 0 Å². The average molecular weight is 721 g/mol. The highest BCUT2D eigenvalue weighted by atomic mass is 127. The number of anilines is 1. The van der Waals surface area contributed by atoms with Gasteiger partial charge in [0, 0.05) is 23.1 Å². The molecular weight excluding hydrogens is 703 g/mol. The third-order valence-electron chi connectivity index (χ3n) is 3.81. The molecule has 0 fully saturated rings. The van der Waals surface area contributed by atoms with E-state index in [4.69, 9.17) is 14.6 Å². The van der Waals surface area contributed by atoms with Gasteiger partial charge in [-0.1, -0.05) is 18.2 Å². The van der Waals surface area contributed by atoms with E-state index < -0.39 is 5.97 Å². The van der Waals surface area contributed by atoms with Crippen LogP contribution in [0.5, 0.6) is 11.5 Å². The molecule has 0 aliphatic carbocycles. The number of hydrogen-bond acceptors (Lipinski definition) is 4. The highest BCUT2D eigenvalue weighted by Crippen LogP contribution is 2.38. The number of para-hydroxylation sites is 1. The Bertz CT molecular complexity index is 888. The lowest BCUT2D eigenvalue weighted by Crippen LogP contribution is -2.25. The number of hydrogen-bond donors (Lipinski definition) is 1. The lowest BCUT2D eigenvalue weighted by molar-refractivity contribution is -0.136. The smallest absolute Gasteiger partial charge is 0.307 e. The summed E-state index contributed by atoms with van der Waals surface area (Å²) in [4.78, 5) is 24.4. The highest BCUT2D eigenvalue weighted by Gasteiger charge is 2.20. The van der Waals surface area contributed by atoms with Crippen molar-refractivity contribution in [3.8, 4) is 11.5 Å². The van der Waals surface area contributed by atoms with Gasteiger partial charge in [-0.2, -0.15) is 0 Å². The van der Waals surface area contributed by atoms with Crippen molar-refractivity contribution in [3.63, 3.8) is 0 Å². The van der Waals surface area contributed by atoms with E-state index in [2.05, 4.69) is 67.8 Å². The third kappa shape index (κ3) is 6.08. The highest BCUT2D eigenvalue weighted by molar-refractivity contribution is 14.1. The number of benzene rings is 2. The second-order valence-corrected chi connectivity index (χ2v) is 9.19. The zero-order chi connectivity index (χ0) is 20.8. The molecule has 150 valence electrons. The molecule has 0 spiro atoms. The zero-order valence-corrected chi connectivity index (χ0v) is 21.6. The lowest BCUT2D eigenvalue weighted by Gasteiger charge is -2.22. The molecule has 0 aliphatic heterocycles. The zero-order valence-electron chi connectivity index (χ0n) is 15.2. The number of carbonyl (C=O) groups excluding carboxylic acids is 1. The maximum absolute atomic E-state index is 11.8. The molecule has 2 aromatic carbocycles. The fraction of sp³-hybridized carbons (Fsp3) is 0.263. The van der Waals surface area contributed by atoms with Crippen LogP contribution in [0.1, 0.15) is 12.5 Å². The minimum absolute atomic E-state index is 0.0543. The minimum atomic E-state index is -0.905. The largest absolute Gasteiger partial charge is 0.490 e. The average Bonchev–Trinajstić information content (AvgIpc) is 2.61. The van der Waals surface area contributed by atoms with Gasteiger partial charge < -0.3 is 19.5 Å². The van der Waals surface area contributed by atoms with Crippen molar-refractivity contribution in [3.05, 3.63) is 46.6 Å². The first-order valence-corrected chi connectivity index (χ1v) is 11.4. The topological polar surface area (TPSA) is 76.1 Å². The second kappa shape index (κ2) is 10.8. The van der Waals surface area contributed by atoms with Crippen LogP contribution in [-0.4, -0.2) is 37.2 Å². The van der Waals surface area contributed by atoms with Crippen molar-refractivity contribution in [1.29, 1.82) is 0 Å². The van der Waals surface area contributed by atoms with Crippen LogP contribution < -0.4 is 14.4 Å². The first-order chi connectivity index (χ1) is 13.2. The Morgan fingerprint density at radius 1 is 1.07 bits per heavy atom. The minimum Gasteiger partial charge on any atom is -0.490 e. The van der Waals surface area contributed by atoms with Gasteiger partial charge in [-0.25, -0.2) is 0 Å². The van der Waals surface area contributed by atoms with Crippen LogP contribution >= 0.6 is 67.8 Å². The maximum Gasteiger partial charge on any atom is 0.307 e. The number of carboxylic acids is 1. The van der Waals surface area contributed by atoms with E-state index in [0.717, 1.165) is 16.4 Å². The van der Waals surface area contributed by atoms with E-state index in [1.54, 1.807) is 36.2 Å². The van der Waals surface area contributed by atoms with Crippen LogP contribution in [0.25, 0.3) is 0 Å².